The van der Waals surface area contributed by atoms with Gasteiger partial charge in [-0.05, 0) is 17.2 Å². The van der Waals surface area contributed by atoms with E-state index in [0.29, 0.717) is 16.8 Å². The third-order valence-corrected chi connectivity index (χ3v) is 5.42. The molecule has 0 saturated heterocycles. The minimum Gasteiger partial charge on any atom is -0.433 e. The molecule has 2 N–H and O–H groups in total. The maximum Gasteiger partial charge on any atom is 0.408 e. The van der Waals surface area contributed by atoms with Crippen molar-refractivity contribution in [1.29, 1.82) is 0 Å². The fourth-order valence-electron chi connectivity index (χ4n) is 3.57. The lowest BCUT2D eigenvalue weighted by Crippen LogP contribution is -2.47. The lowest BCUT2D eigenvalue weighted by molar-refractivity contribution is -0.134. The van der Waals surface area contributed by atoms with E-state index in [-0.39, 0.29) is 0 Å². The van der Waals surface area contributed by atoms with Crippen LogP contribution in [0.4, 0.5) is 32.4 Å². The summed E-state index contributed by atoms with van der Waals surface area (Å²) in [4.78, 5) is 39.0. The number of anilines is 1. The van der Waals surface area contributed by atoms with E-state index >= 15 is 0 Å². The molecule has 2 atom stereocenters. The molecule has 188 valence electrons. The van der Waals surface area contributed by atoms with E-state index in [4.69, 9.17) is 0 Å². The molecule has 1 heterocycles. The number of carbonyl (C=O) groups excluding carboxylic acids is 3. The molecular weight excluding hydrogens is 477 g/mol. The molecule has 0 radical (unpaired) electrons. The quantitative estimate of drug-likeness (QED) is 0.541. The fraction of sp³-hybridized carbons (Fsp3) is 0.348. The first kappa shape index (κ1) is 25.9. The SMILES string of the molecule is CN1C(=O)C(NC(=O)C(CF)OC(=O)NCCC(F)(F)C(F)F)c2ccccc2-c2ccccc21. The number of hydrogen-bond donors (Lipinski definition) is 2. The van der Waals surface area contributed by atoms with E-state index in [0.717, 1.165) is 5.56 Å². The number of para-hydroxylation sites is 1. The van der Waals surface area contributed by atoms with Gasteiger partial charge in [0, 0.05) is 25.6 Å². The third-order valence-electron chi connectivity index (χ3n) is 5.42. The van der Waals surface area contributed by atoms with Gasteiger partial charge in [0.2, 0.25) is 6.10 Å². The summed E-state index contributed by atoms with van der Waals surface area (Å²) in [5.41, 5.74) is 2.40. The normalized spacial score (nSPS) is 16.1. The van der Waals surface area contributed by atoms with Crippen molar-refractivity contribution in [3.63, 3.8) is 0 Å². The summed E-state index contributed by atoms with van der Waals surface area (Å²) in [6, 6.07) is 12.6. The number of hydrogen-bond acceptors (Lipinski definition) is 4. The number of carbonyl (C=O) groups is 3. The second kappa shape index (κ2) is 10.7. The second-order valence-electron chi connectivity index (χ2n) is 7.73. The standard InChI is InChI=1S/C23H22F5N3O4/c1-31-16-9-5-4-7-14(16)13-6-2-3-8-15(13)18(20(31)33)30-19(32)17(12-24)35-22(34)29-11-10-23(27,28)21(25)26/h2-9,17-18,21H,10-12H2,1H3,(H,29,34)(H,30,32). The highest BCUT2D eigenvalue weighted by Crippen LogP contribution is 2.39. The highest BCUT2D eigenvalue weighted by atomic mass is 19.3. The summed E-state index contributed by atoms with van der Waals surface area (Å²) >= 11 is 0. The van der Waals surface area contributed by atoms with Crippen molar-refractivity contribution in [2.24, 2.45) is 0 Å². The molecule has 12 heteroatoms. The van der Waals surface area contributed by atoms with Gasteiger partial charge in [0.15, 0.2) is 0 Å². The molecule has 3 amide bonds. The van der Waals surface area contributed by atoms with E-state index in [1.807, 2.05) is 0 Å². The van der Waals surface area contributed by atoms with Crippen molar-refractivity contribution in [2.45, 2.75) is 30.9 Å². The maximum absolute atomic E-state index is 13.5. The number of fused-ring (bicyclic) bond motifs is 3. The molecule has 0 aliphatic carbocycles. The van der Waals surface area contributed by atoms with Gasteiger partial charge in [-0.1, -0.05) is 42.5 Å². The van der Waals surface area contributed by atoms with Crippen molar-refractivity contribution >= 4 is 23.6 Å². The number of alkyl halides is 5. The summed E-state index contributed by atoms with van der Waals surface area (Å²) < 4.78 is 68.4. The molecule has 1 aliphatic heterocycles. The third kappa shape index (κ3) is 5.69. The number of likely N-dealkylation sites (N-methyl/N-ethyl adjacent to an activating group) is 1. The van der Waals surface area contributed by atoms with E-state index < -0.39 is 62.0 Å². The zero-order valence-corrected chi connectivity index (χ0v) is 18.4. The van der Waals surface area contributed by atoms with Gasteiger partial charge in [-0.3, -0.25) is 9.59 Å². The number of nitrogens with zero attached hydrogens (tertiary/aromatic N) is 1. The van der Waals surface area contributed by atoms with Gasteiger partial charge in [0.25, 0.3) is 11.8 Å². The molecule has 2 aromatic rings. The van der Waals surface area contributed by atoms with E-state index in [1.54, 1.807) is 53.8 Å². The predicted octanol–water partition coefficient (Wildman–Crippen LogP) is 3.84. The average Bonchev–Trinajstić information content (AvgIpc) is 2.92. The Hall–Kier alpha value is -3.70. The van der Waals surface area contributed by atoms with Crippen molar-refractivity contribution in [3.8, 4) is 11.1 Å². The predicted molar refractivity (Wildman–Crippen MR) is 116 cm³/mol. The van der Waals surface area contributed by atoms with Crippen LogP contribution >= 0.6 is 0 Å². The molecule has 0 aromatic heterocycles. The van der Waals surface area contributed by atoms with Crippen LogP contribution in [0.15, 0.2) is 48.5 Å². The maximum atomic E-state index is 13.5. The number of benzene rings is 2. The molecule has 3 rings (SSSR count). The van der Waals surface area contributed by atoms with Gasteiger partial charge in [0.05, 0.1) is 5.69 Å². The fourth-order valence-corrected chi connectivity index (χ4v) is 3.57. The van der Waals surface area contributed by atoms with Gasteiger partial charge in [0.1, 0.15) is 12.7 Å². The van der Waals surface area contributed by atoms with E-state index in [1.165, 1.54) is 11.9 Å². The molecule has 0 fully saturated rings. The Morgan fingerprint density at radius 3 is 2.37 bits per heavy atom. The number of nitrogens with one attached hydrogen (secondary N) is 2. The zero-order chi connectivity index (χ0) is 25.8. The Bertz CT molecular complexity index is 1100. The Balaban J connectivity index is 1.73. The number of halogens is 5. The smallest absolute Gasteiger partial charge is 0.408 e. The van der Waals surface area contributed by atoms with Crippen LogP contribution in [0.2, 0.25) is 0 Å². The van der Waals surface area contributed by atoms with Crippen LogP contribution in [0.5, 0.6) is 0 Å². The zero-order valence-electron chi connectivity index (χ0n) is 18.4. The number of rotatable bonds is 8. The topological polar surface area (TPSA) is 87.7 Å². The van der Waals surface area contributed by atoms with Gasteiger partial charge in [-0.15, -0.1) is 0 Å². The summed E-state index contributed by atoms with van der Waals surface area (Å²) in [5.74, 6) is -6.01. The minimum atomic E-state index is -4.33. The molecule has 7 nitrogen and oxygen atoms in total. The van der Waals surface area contributed by atoms with Crippen molar-refractivity contribution in [2.75, 3.05) is 25.2 Å². The van der Waals surface area contributed by atoms with Crippen LogP contribution in [0, 0.1) is 0 Å². The molecule has 0 bridgehead atoms. The van der Waals surface area contributed by atoms with E-state index in [2.05, 4.69) is 10.1 Å². The van der Waals surface area contributed by atoms with Gasteiger partial charge in [-0.25, -0.2) is 26.7 Å². The van der Waals surface area contributed by atoms with Crippen LogP contribution in [0.1, 0.15) is 18.0 Å². The average molecular weight is 499 g/mol. The van der Waals surface area contributed by atoms with Gasteiger partial charge >= 0.3 is 18.4 Å². The first-order valence-electron chi connectivity index (χ1n) is 10.5. The van der Waals surface area contributed by atoms with Crippen LogP contribution in [-0.4, -0.2) is 56.6 Å². The largest absolute Gasteiger partial charge is 0.433 e. The number of ether oxygens (including phenoxy) is 1. The van der Waals surface area contributed by atoms with Crippen LogP contribution in [-0.2, 0) is 14.3 Å². The summed E-state index contributed by atoms with van der Waals surface area (Å²) in [5, 5.41) is 4.16. The Labute approximate surface area is 197 Å². The Kier molecular flexibility index (Phi) is 7.92. The monoisotopic (exact) mass is 499 g/mol. The first-order chi connectivity index (χ1) is 16.6. The molecular formula is C23H22F5N3O4. The molecule has 0 saturated carbocycles. The minimum absolute atomic E-state index is 0.430. The first-order valence-corrected chi connectivity index (χ1v) is 10.5. The highest BCUT2D eigenvalue weighted by Gasteiger charge is 2.40. The molecule has 2 aromatic carbocycles. The van der Waals surface area contributed by atoms with Crippen LogP contribution < -0.4 is 15.5 Å². The summed E-state index contributed by atoms with van der Waals surface area (Å²) in [6.45, 7) is -2.38. The summed E-state index contributed by atoms with van der Waals surface area (Å²) in [7, 11) is 1.51. The molecule has 35 heavy (non-hydrogen) atoms. The number of alkyl carbamates (subject to hydrolysis) is 1. The molecule has 2 unspecified atom stereocenters. The highest BCUT2D eigenvalue weighted by molar-refractivity contribution is 6.06. The molecule has 1 aliphatic rings. The van der Waals surface area contributed by atoms with E-state index in [9.17, 15) is 36.3 Å². The van der Waals surface area contributed by atoms with Gasteiger partial charge < -0.3 is 20.3 Å². The molecule has 0 spiro atoms. The van der Waals surface area contributed by atoms with Gasteiger partial charge in [-0.2, -0.15) is 0 Å². The van der Waals surface area contributed by atoms with Crippen LogP contribution in [0.3, 0.4) is 0 Å². The summed E-state index contributed by atoms with van der Waals surface area (Å²) in [6.07, 6.45) is -8.77. The van der Waals surface area contributed by atoms with Crippen molar-refractivity contribution in [1.82, 2.24) is 10.6 Å². The lowest BCUT2D eigenvalue weighted by Gasteiger charge is -2.24. The Morgan fingerprint density at radius 2 is 1.71 bits per heavy atom. The second-order valence-corrected chi connectivity index (χ2v) is 7.73. The lowest BCUT2D eigenvalue weighted by atomic mass is 9.95. The van der Waals surface area contributed by atoms with Crippen molar-refractivity contribution < 1.29 is 41.1 Å². The van der Waals surface area contributed by atoms with Crippen molar-refractivity contribution in [3.05, 3.63) is 54.1 Å². The van der Waals surface area contributed by atoms with Crippen LogP contribution in [0.25, 0.3) is 11.1 Å². The Morgan fingerprint density at radius 1 is 1.09 bits per heavy atom. The number of amides is 3.